The molecule has 1 aliphatic rings. The molecule has 0 unspecified atom stereocenters. The maximum atomic E-state index is 12.3. The van der Waals surface area contributed by atoms with Crippen molar-refractivity contribution in [3.8, 4) is 0 Å². The van der Waals surface area contributed by atoms with Crippen molar-refractivity contribution in [1.29, 1.82) is 0 Å². The third-order valence-corrected chi connectivity index (χ3v) is 4.56. The van der Waals surface area contributed by atoms with Crippen molar-refractivity contribution in [1.82, 2.24) is 4.90 Å². The van der Waals surface area contributed by atoms with Crippen molar-refractivity contribution in [2.45, 2.75) is 38.6 Å². The molecular weight excluding hydrogens is 302 g/mol. The van der Waals surface area contributed by atoms with Crippen LogP contribution in [-0.4, -0.2) is 29.7 Å². The van der Waals surface area contributed by atoms with Gasteiger partial charge in [0.2, 0.25) is 0 Å². The molecule has 4 nitrogen and oxygen atoms in total. The Morgan fingerprint density at radius 2 is 1.75 bits per heavy atom. The summed E-state index contributed by atoms with van der Waals surface area (Å²) in [4.78, 5) is 14.1. The lowest BCUT2D eigenvalue weighted by molar-refractivity contribution is -0.0885. The molecule has 0 bridgehead atoms. The van der Waals surface area contributed by atoms with Crippen molar-refractivity contribution in [3.05, 3.63) is 71.8 Å². The zero-order valence-corrected chi connectivity index (χ0v) is 14.1. The van der Waals surface area contributed by atoms with Crippen LogP contribution in [0, 0.1) is 0 Å². The van der Waals surface area contributed by atoms with E-state index in [9.17, 15) is 4.79 Å². The van der Waals surface area contributed by atoms with E-state index in [2.05, 4.69) is 0 Å². The Bertz CT molecular complexity index is 659. The molecule has 0 saturated carbocycles. The van der Waals surface area contributed by atoms with E-state index in [0.29, 0.717) is 13.2 Å². The lowest BCUT2D eigenvalue weighted by atomic mass is 10.0. The monoisotopic (exact) mass is 325 g/mol. The summed E-state index contributed by atoms with van der Waals surface area (Å²) < 4.78 is 11.4. The Morgan fingerprint density at radius 3 is 2.42 bits per heavy atom. The van der Waals surface area contributed by atoms with Gasteiger partial charge in [-0.1, -0.05) is 60.7 Å². The minimum absolute atomic E-state index is 0.0508. The van der Waals surface area contributed by atoms with Crippen molar-refractivity contribution < 1.29 is 14.3 Å². The van der Waals surface area contributed by atoms with Gasteiger partial charge in [-0.25, -0.2) is 4.79 Å². The molecule has 3 atom stereocenters. The topological polar surface area (TPSA) is 38.8 Å². The summed E-state index contributed by atoms with van der Waals surface area (Å²) in [7, 11) is 0. The molecule has 24 heavy (non-hydrogen) atoms. The van der Waals surface area contributed by atoms with Gasteiger partial charge in [0.15, 0.2) is 0 Å². The van der Waals surface area contributed by atoms with Crippen LogP contribution in [0.5, 0.6) is 0 Å². The van der Waals surface area contributed by atoms with Crippen LogP contribution in [-0.2, 0) is 16.1 Å². The average Bonchev–Trinajstić information content (AvgIpc) is 2.62. The second-order valence-electron chi connectivity index (χ2n) is 6.15. The molecule has 0 radical (unpaired) electrons. The first kappa shape index (κ1) is 16.5. The van der Waals surface area contributed by atoms with Crippen LogP contribution < -0.4 is 0 Å². The normalized spacial score (nSPS) is 22.1. The zero-order chi connectivity index (χ0) is 16.9. The molecular formula is C20H23NO3. The number of carbonyl (C=O) groups excluding carboxylic acids is 1. The minimum atomic E-state index is -0.279. The summed E-state index contributed by atoms with van der Waals surface area (Å²) in [6, 6.07) is 19.9. The zero-order valence-electron chi connectivity index (χ0n) is 14.1. The fourth-order valence-electron chi connectivity index (χ4n) is 3.08. The number of nitrogens with zero attached hydrogens (tertiary/aromatic N) is 1. The van der Waals surface area contributed by atoms with Gasteiger partial charge in [-0.3, -0.25) is 4.90 Å². The standard InChI is InChI=1S/C20H23NO3/c1-15(18-11-7-4-8-12-18)21-16(2)19(14-24-20(21)22)23-13-17-9-5-3-6-10-17/h3-12,15-16,19H,13-14H2,1-2H3/t15-,16+,19-/m0/s1. The van der Waals surface area contributed by atoms with Crippen LogP contribution in [0.25, 0.3) is 0 Å². The van der Waals surface area contributed by atoms with E-state index < -0.39 is 0 Å². The fraction of sp³-hybridized carbons (Fsp3) is 0.350. The quantitative estimate of drug-likeness (QED) is 0.828. The first-order chi connectivity index (χ1) is 11.7. The maximum absolute atomic E-state index is 12.3. The van der Waals surface area contributed by atoms with Gasteiger partial charge < -0.3 is 9.47 Å². The number of rotatable bonds is 5. The highest BCUT2D eigenvalue weighted by Crippen LogP contribution is 2.28. The smallest absolute Gasteiger partial charge is 0.410 e. The summed E-state index contributed by atoms with van der Waals surface area (Å²) in [6.45, 7) is 4.86. The molecule has 3 rings (SSSR count). The molecule has 0 N–H and O–H groups in total. The number of cyclic esters (lactones) is 1. The van der Waals surface area contributed by atoms with E-state index in [1.54, 1.807) is 4.90 Å². The molecule has 2 aromatic carbocycles. The summed E-state index contributed by atoms with van der Waals surface area (Å²) >= 11 is 0. The van der Waals surface area contributed by atoms with Gasteiger partial charge in [-0.2, -0.15) is 0 Å². The van der Waals surface area contributed by atoms with Crippen LogP contribution in [0.15, 0.2) is 60.7 Å². The Labute approximate surface area is 143 Å². The molecule has 1 amide bonds. The van der Waals surface area contributed by atoms with Crippen LogP contribution in [0.2, 0.25) is 0 Å². The maximum Gasteiger partial charge on any atom is 0.410 e. The van der Waals surface area contributed by atoms with Crippen LogP contribution in [0.4, 0.5) is 4.79 Å². The van der Waals surface area contributed by atoms with E-state index in [-0.39, 0.29) is 24.3 Å². The molecule has 0 aromatic heterocycles. The number of hydrogen-bond donors (Lipinski definition) is 0. The molecule has 0 aliphatic carbocycles. The highest BCUT2D eigenvalue weighted by atomic mass is 16.6. The first-order valence-electron chi connectivity index (χ1n) is 8.32. The second-order valence-corrected chi connectivity index (χ2v) is 6.15. The van der Waals surface area contributed by atoms with Gasteiger partial charge in [-0.05, 0) is 25.0 Å². The van der Waals surface area contributed by atoms with Crippen LogP contribution in [0.1, 0.15) is 31.0 Å². The van der Waals surface area contributed by atoms with E-state index in [4.69, 9.17) is 9.47 Å². The van der Waals surface area contributed by atoms with Gasteiger partial charge in [-0.15, -0.1) is 0 Å². The number of amides is 1. The third-order valence-electron chi connectivity index (χ3n) is 4.56. The molecule has 1 heterocycles. The summed E-state index contributed by atoms with van der Waals surface area (Å²) in [5.74, 6) is 0. The molecule has 2 aromatic rings. The SMILES string of the molecule is C[C@@H]1[C@@H](OCc2ccccc2)COC(=O)N1[C@@H](C)c1ccccc1. The van der Waals surface area contributed by atoms with E-state index in [1.807, 2.05) is 74.5 Å². The Kier molecular flexibility index (Phi) is 5.16. The lowest BCUT2D eigenvalue weighted by Crippen LogP contribution is -2.54. The predicted octanol–water partition coefficient (Wildman–Crippen LogP) is 4.17. The van der Waals surface area contributed by atoms with Gasteiger partial charge >= 0.3 is 6.09 Å². The number of ether oxygens (including phenoxy) is 2. The van der Waals surface area contributed by atoms with Gasteiger partial charge in [0, 0.05) is 0 Å². The van der Waals surface area contributed by atoms with Crippen molar-refractivity contribution in [3.63, 3.8) is 0 Å². The van der Waals surface area contributed by atoms with E-state index in [1.165, 1.54) is 0 Å². The Balaban J connectivity index is 1.69. The molecule has 1 fully saturated rings. The summed E-state index contributed by atoms with van der Waals surface area (Å²) in [5.41, 5.74) is 2.20. The van der Waals surface area contributed by atoms with Gasteiger partial charge in [0.25, 0.3) is 0 Å². The fourth-order valence-corrected chi connectivity index (χ4v) is 3.08. The highest BCUT2D eigenvalue weighted by Gasteiger charge is 2.38. The summed E-state index contributed by atoms with van der Waals surface area (Å²) in [5, 5.41) is 0. The number of benzene rings is 2. The third kappa shape index (κ3) is 3.60. The first-order valence-corrected chi connectivity index (χ1v) is 8.32. The molecule has 4 heteroatoms. The van der Waals surface area contributed by atoms with Gasteiger partial charge in [0.1, 0.15) is 12.7 Å². The van der Waals surface area contributed by atoms with E-state index >= 15 is 0 Å². The van der Waals surface area contributed by atoms with Crippen molar-refractivity contribution >= 4 is 6.09 Å². The number of hydrogen-bond acceptors (Lipinski definition) is 3. The van der Waals surface area contributed by atoms with Crippen molar-refractivity contribution in [2.24, 2.45) is 0 Å². The largest absolute Gasteiger partial charge is 0.447 e. The predicted molar refractivity (Wildman–Crippen MR) is 92.5 cm³/mol. The minimum Gasteiger partial charge on any atom is -0.447 e. The second kappa shape index (κ2) is 7.49. The Morgan fingerprint density at radius 1 is 1.12 bits per heavy atom. The lowest BCUT2D eigenvalue weighted by Gasteiger charge is -2.41. The Hall–Kier alpha value is -2.33. The van der Waals surface area contributed by atoms with Crippen molar-refractivity contribution in [2.75, 3.05) is 6.61 Å². The molecule has 126 valence electrons. The summed E-state index contributed by atoms with van der Waals surface area (Å²) in [6.07, 6.45) is -0.424. The molecule has 1 saturated heterocycles. The average molecular weight is 325 g/mol. The van der Waals surface area contributed by atoms with E-state index in [0.717, 1.165) is 11.1 Å². The van der Waals surface area contributed by atoms with Crippen LogP contribution >= 0.6 is 0 Å². The molecule has 0 spiro atoms. The highest BCUT2D eigenvalue weighted by molar-refractivity contribution is 5.69. The molecule has 1 aliphatic heterocycles. The van der Waals surface area contributed by atoms with Gasteiger partial charge in [0.05, 0.1) is 18.7 Å². The number of carbonyl (C=O) groups is 1. The van der Waals surface area contributed by atoms with Crippen LogP contribution in [0.3, 0.4) is 0 Å².